The van der Waals surface area contributed by atoms with Gasteiger partial charge in [0.15, 0.2) is 11.6 Å². The van der Waals surface area contributed by atoms with Gasteiger partial charge >= 0.3 is 0 Å². The summed E-state index contributed by atoms with van der Waals surface area (Å²) in [6, 6.07) is 17.7. The van der Waals surface area contributed by atoms with E-state index >= 15 is 0 Å². The van der Waals surface area contributed by atoms with Crippen LogP contribution in [0.3, 0.4) is 0 Å². The quantitative estimate of drug-likeness (QED) is 0.235. The van der Waals surface area contributed by atoms with Gasteiger partial charge in [-0.25, -0.2) is 4.98 Å². The minimum absolute atomic E-state index is 0.0957. The van der Waals surface area contributed by atoms with Crippen molar-refractivity contribution in [1.29, 1.82) is 5.26 Å². The van der Waals surface area contributed by atoms with Crippen molar-refractivity contribution in [2.24, 2.45) is 0 Å². The molecule has 0 bridgehead atoms. The van der Waals surface area contributed by atoms with Gasteiger partial charge in [-0.2, -0.15) is 15.2 Å². The van der Waals surface area contributed by atoms with Crippen LogP contribution in [0.25, 0.3) is 72.5 Å². The molecular weight excluding hydrogens is 494 g/mol. The van der Waals surface area contributed by atoms with Crippen LogP contribution in [0.4, 0.5) is 0 Å². The van der Waals surface area contributed by atoms with Gasteiger partial charge in [-0.05, 0) is 42.4 Å². The van der Waals surface area contributed by atoms with Crippen molar-refractivity contribution in [2.75, 3.05) is 0 Å². The highest BCUT2D eigenvalue weighted by molar-refractivity contribution is 6.09. The van der Waals surface area contributed by atoms with E-state index in [1.54, 1.807) is 30.3 Å². The third-order valence-electron chi connectivity index (χ3n) is 6.74. The fraction of sp³-hybridized carbons (Fsp3) is 0. The molecule has 0 amide bonds. The minimum atomic E-state index is -0.557. The second kappa shape index (κ2) is 8.62. The number of furan rings is 1. The van der Waals surface area contributed by atoms with Crippen molar-refractivity contribution in [3.05, 3.63) is 121 Å². The molecular formula is C34H19N5O. The molecule has 0 radical (unpaired) electrons. The molecule has 3 heterocycles. The van der Waals surface area contributed by atoms with Crippen LogP contribution in [0.2, 0.25) is 0 Å². The maximum atomic E-state index is 9.59. The van der Waals surface area contributed by atoms with E-state index in [1.807, 2.05) is 36.4 Å². The van der Waals surface area contributed by atoms with E-state index in [0.29, 0.717) is 27.9 Å². The van der Waals surface area contributed by atoms with Crippen LogP contribution in [0.5, 0.6) is 0 Å². The second-order valence-corrected chi connectivity index (χ2v) is 9.07. The third-order valence-corrected chi connectivity index (χ3v) is 6.74. The normalized spacial score (nSPS) is 14.3. The molecule has 0 spiro atoms. The molecule has 0 unspecified atom stereocenters. The van der Waals surface area contributed by atoms with Crippen LogP contribution >= 0.6 is 0 Å². The lowest BCUT2D eigenvalue weighted by molar-refractivity contribution is 0.669. The molecule has 6 heteroatoms. The van der Waals surface area contributed by atoms with Crippen LogP contribution in [0, 0.1) is 11.3 Å². The van der Waals surface area contributed by atoms with Crippen LogP contribution in [-0.2, 0) is 0 Å². The molecule has 0 aliphatic carbocycles. The summed E-state index contributed by atoms with van der Waals surface area (Å²) in [5.74, 6) is 0.113. The molecule has 186 valence electrons. The predicted molar refractivity (Wildman–Crippen MR) is 157 cm³/mol. The van der Waals surface area contributed by atoms with E-state index in [2.05, 4.69) is 6.07 Å². The molecule has 0 aliphatic heterocycles. The Labute approximate surface area is 239 Å². The molecule has 6 nitrogen and oxygen atoms in total. The van der Waals surface area contributed by atoms with E-state index in [-0.39, 0.29) is 39.4 Å². The van der Waals surface area contributed by atoms with Crippen LogP contribution in [-0.4, -0.2) is 19.5 Å². The number of rotatable bonds is 3. The number of benzene rings is 5. The Kier molecular flexibility index (Phi) is 3.36. The van der Waals surface area contributed by atoms with Gasteiger partial charge in [-0.15, -0.1) is 0 Å². The highest BCUT2D eigenvalue weighted by atomic mass is 16.3. The van der Waals surface area contributed by atoms with Gasteiger partial charge < -0.3 is 4.42 Å². The minimum Gasteiger partial charge on any atom is -0.456 e. The Morgan fingerprint density at radius 2 is 1.32 bits per heavy atom. The van der Waals surface area contributed by atoms with E-state index in [4.69, 9.17) is 30.3 Å². The zero-order chi connectivity index (χ0) is 33.6. The molecule has 8 aromatic rings. The topological polar surface area (TPSA) is 80.5 Å². The molecule has 0 saturated carbocycles. The lowest BCUT2D eigenvalue weighted by Gasteiger charge is -2.11. The molecule has 0 fully saturated rings. The maximum absolute atomic E-state index is 9.59. The summed E-state index contributed by atoms with van der Waals surface area (Å²) in [6.07, 6.45) is 0. The first-order valence-corrected chi connectivity index (χ1v) is 12.3. The molecule has 0 aliphatic rings. The molecule has 40 heavy (non-hydrogen) atoms. The van der Waals surface area contributed by atoms with Crippen molar-refractivity contribution in [1.82, 2.24) is 19.5 Å². The largest absolute Gasteiger partial charge is 0.456 e. The summed E-state index contributed by atoms with van der Waals surface area (Å²) in [4.78, 5) is 14.2. The van der Waals surface area contributed by atoms with Crippen LogP contribution in [0.1, 0.15) is 16.5 Å². The van der Waals surface area contributed by atoms with Crippen LogP contribution < -0.4 is 0 Å². The van der Waals surface area contributed by atoms with E-state index in [1.165, 1.54) is 4.57 Å². The Balaban J connectivity index is 1.52. The molecule has 0 atom stereocenters. The maximum Gasteiger partial charge on any atom is 0.238 e. The van der Waals surface area contributed by atoms with Gasteiger partial charge in [-0.3, -0.25) is 4.57 Å². The first-order chi connectivity index (χ1) is 23.1. The molecule has 3 aromatic heterocycles. The smallest absolute Gasteiger partial charge is 0.238 e. The Bertz CT molecular complexity index is 2670. The van der Waals surface area contributed by atoms with Gasteiger partial charge in [0.1, 0.15) is 11.2 Å². The van der Waals surface area contributed by atoms with Gasteiger partial charge in [0, 0.05) is 32.7 Å². The van der Waals surface area contributed by atoms with E-state index in [9.17, 15) is 5.26 Å². The first-order valence-electron chi connectivity index (χ1n) is 16.3. The number of hydrogen-bond donors (Lipinski definition) is 0. The highest BCUT2D eigenvalue weighted by Crippen LogP contribution is 2.34. The fourth-order valence-electron chi connectivity index (χ4n) is 4.94. The molecule has 0 N–H and O–H groups in total. The zero-order valence-electron chi connectivity index (χ0n) is 28.5. The number of hydrogen-bond acceptors (Lipinski definition) is 5. The number of nitriles is 1. The SMILES string of the molecule is [2H]c1c([2H])c([2H])c2c(c1[2H])c1c([2H])c([2H])c([2H])c([2H])c1n2-c1nc(-c2cccc(C#N)c2)nc(-c2ccc3c(c2)oc2ccccc23)n1. The summed E-state index contributed by atoms with van der Waals surface area (Å²) in [7, 11) is 0. The second-order valence-electron chi connectivity index (χ2n) is 9.07. The average Bonchev–Trinajstić information content (AvgIpc) is 3.67. The molecule has 8 rings (SSSR count). The third kappa shape index (κ3) is 3.39. The Hall–Kier alpha value is -5.80. The summed E-state index contributed by atoms with van der Waals surface area (Å²) in [5, 5.41) is 11.2. The van der Waals surface area contributed by atoms with Gasteiger partial charge in [-0.1, -0.05) is 72.7 Å². The average molecular weight is 522 g/mol. The van der Waals surface area contributed by atoms with Crippen molar-refractivity contribution in [3.8, 4) is 34.8 Å². The summed E-state index contributed by atoms with van der Waals surface area (Å²) >= 11 is 0. The summed E-state index contributed by atoms with van der Waals surface area (Å²) in [6.45, 7) is 0. The van der Waals surface area contributed by atoms with Gasteiger partial charge in [0.25, 0.3) is 0 Å². The van der Waals surface area contributed by atoms with E-state index in [0.717, 1.165) is 10.8 Å². The van der Waals surface area contributed by atoms with Crippen molar-refractivity contribution in [2.45, 2.75) is 0 Å². The van der Waals surface area contributed by atoms with Gasteiger partial charge in [0.2, 0.25) is 5.95 Å². The number of para-hydroxylation sites is 3. The van der Waals surface area contributed by atoms with Crippen molar-refractivity contribution < 1.29 is 15.4 Å². The Morgan fingerprint density at radius 1 is 0.650 bits per heavy atom. The summed E-state index contributed by atoms with van der Waals surface area (Å²) < 4.78 is 76.2. The lowest BCUT2D eigenvalue weighted by atomic mass is 10.1. The van der Waals surface area contributed by atoms with Crippen molar-refractivity contribution in [3.63, 3.8) is 0 Å². The van der Waals surface area contributed by atoms with Crippen molar-refractivity contribution >= 4 is 43.7 Å². The highest BCUT2D eigenvalue weighted by Gasteiger charge is 2.18. The monoisotopic (exact) mass is 521 g/mol. The fourth-order valence-corrected chi connectivity index (χ4v) is 4.94. The molecule has 5 aromatic carbocycles. The zero-order valence-corrected chi connectivity index (χ0v) is 20.5. The number of fused-ring (bicyclic) bond motifs is 6. The predicted octanol–water partition coefficient (Wildman–Crippen LogP) is 8.07. The number of nitrogens with zero attached hydrogens (tertiary/aromatic N) is 5. The molecule has 0 saturated heterocycles. The lowest BCUT2D eigenvalue weighted by Crippen LogP contribution is -2.06. The number of aromatic nitrogens is 4. The van der Waals surface area contributed by atoms with Gasteiger partial charge in [0.05, 0.1) is 33.6 Å². The standard InChI is InChI=1S/C34H19N5O/c35-20-21-8-7-9-22(18-21)32-36-33(23-16-17-27-26-12-3-6-15-30(26)40-31(27)19-23)38-34(37-32)39-28-13-4-1-10-24(28)25-11-2-5-14-29(25)39/h1-19H/i1D,2D,4D,5D,10D,11D,13D,14D. The first kappa shape index (κ1) is 15.6. The Morgan fingerprint density at radius 3 is 2.08 bits per heavy atom. The summed E-state index contributed by atoms with van der Waals surface area (Å²) in [5.41, 5.74) is 2.35. The van der Waals surface area contributed by atoms with Crippen LogP contribution in [0.15, 0.2) is 119 Å². The van der Waals surface area contributed by atoms with E-state index < -0.39 is 48.3 Å².